The van der Waals surface area contributed by atoms with E-state index in [4.69, 9.17) is 9.94 Å². The van der Waals surface area contributed by atoms with E-state index in [1.165, 1.54) is 11.6 Å². The summed E-state index contributed by atoms with van der Waals surface area (Å²) < 4.78 is 5.76. The van der Waals surface area contributed by atoms with E-state index in [1.807, 2.05) is 63.4 Å². The van der Waals surface area contributed by atoms with Crippen LogP contribution in [0.15, 0.2) is 54.7 Å². The molecule has 0 aliphatic heterocycles. The number of carbonyl (C=O) groups is 2. The van der Waals surface area contributed by atoms with Gasteiger partial charge in [-0.25, -0.2) is 5.48 Å². The third-order valence-electron chi connectivity index (χ3n) is 5.97. The number of hydrogen-bond acceptors (Lipinski definition) is 5. The van der Waals surface area contributed by atoms with Crippen molar-refractivity contribution in [3.63, 3.8) is 0 Å². The Morgan fingerprint density at radius 1 is 1.24 bits per heavy atom. The summed E-state index contributed by atoms with van der Waals surface area (Å²) in [5, 5.41) is 13.3. The SMILES string of the molecule is CC(C)(C)OC(=O)[C@H](Cc1c[nH]c2ccccc12)NC1CCc2cc(/C=C/C(=O)NO)ccc21. The number of ether oxygens (including phenoxy) is 1. The Labute approximate surface area is 199 Å². The normalized spacial score (nSPS) is 16.5. The fourth-order valence-electron chi connectivity index (χ4n) is 4.47. The summed E-state index contributed by atoms with van der Waals surface area (Å²) in [5.74, 6) is -0.835. The van der Waals surface area contributed by atoms with Crippen LogP contribution in [0.5, 0.6) is 0 Å². The number of aryl methyl sites for hydroxylation is 1. The van der Waals surface area contributed by atoms with Gasteiger partial charge in [-0.15, -0.1) is 0 Å². The number of hydrogen-bond donors (Lipinski definition) is 4. The summed E-state index contributed by atoms with van der Waals surface area (Å²) in [7, 11) is 0. The Morgan fingerprint density at radius 2 is 2.03 bits per heavy atom. The van der Waals surface area contributed by atoms with E-state index in [-0.39, 0.29) is 12.0 Å². The number of carbonyl (C=O) groups excluding carboxylic acids is 2. The summed E-state index contributed by atoms with van der Waals surface area (Å²) >= 11 is 0. The number of aromatic amines is 1. The van der Waals surface area contributed by atoms with Crippen molar-refractivity contribution >= 4 is 28.9 Å². The number of benzene rings is 2. The van der Waals surface area contributed by atoms with Gasteiger partial charge in [0, 0.05) is 35.6 Å². The Bertz CT molecular complexity index is 1220. The van der Waals surface area contributed by atoms with Gasteiger partial charge in [-0.2, -0.15) is 0 Å². The maximum Gasteiger partial charge on any atom is 0.324 e. The van der Waals surface area contributed by atoms with E-state index >= 15 is 0 Å². The van der Waals surface area contributed by atoms with Gasteiger partial charge in [-0.05, 0) is 68.0 Å². The molecule has 1 aromatic heterocycles. The van der Waals surface area contributed by atoms with E-state index in [0.29, 0.717) is 6.42 Å². The third kappa shape index (κ3) is 5.55. The number of aromatic nitrogens is 1. The molecule has 7 nitrogen and oxygen atoms in total. The first-order valence-corrected chi connectivity index (χ1v) is 11.5. The highest BCUT2D eigenvalue weighted by atomic mass is 16.6. The minimum Gasteiger partial charge on any atom is -0.459 e. The molecule has 3 aromatic rings. The largest absolute Gasteiger partial charge is 0.459 e. The monoisotopic (exact) mass is 461 g/mol. The van der Waals surface area contributed by atoms with Crippen LogP contribution in [0.2, 0.25) is 0 Å². The summed E-state index contributed by atoms with van der Waals surface area (Å²) in [4.78, 5) is 27.7. The van der Waals surface area contributed by atoms with Gasteiger partial charge in [-0.3, -0.25) is 20.1 Å². The van der Waals surface area contributed by atoms with Gasteiger partial charge in [0.15, 0.2) is 0 Å². The summed E-state index contributed by atoms with van der Waals surface area (Å²) in [6.45, 7) is 5.64. The number of rotatable bonds is 7. The fraction of sp³-hybridized carbons (Fsp3) is 0.333. The zero-order valence-electron chi connectivity index (χ0n) is 19.7. The molecular weight excluding hydrogens is 430 g/mol. The minimum absolute atomic E-state index is 0.0245. The highest BCUT2D eigenvalue weighted by Gasteiger charge is 2.31. The molecule has 1 heterocycles. The van der Waals surface area contributed by atoms with Crippen LogP contribution in [-0.4, -0.2) is 33.7 Å². The van der Waals surface area contributed by atoms with Gasteiger partial charge < -0.3 is 9.72 Å². The van der Waals surface area contributed by atoms with Crippen LogP contribution in [-0.2, 0) is 27.2 Å². The van der Waals surface area contributed by atoms with Crippen molar-refractivity contribution in [2.45, 2.75) is 57.7 Å². The minimum atomic E-state index is -0.576. The highest BCUT2D eigenvalue weighted by molar-refractivity contribution is 5.90. The maximum absolute atomic E-state index is 13.2. The second-order valence-corrected chi connectivity index (χ2v) is 9.68. The molecule has 1 amide bonds. The summed E-state index contributed by atoms with van der Waals surface area (Å²) in [6.07, 6.45) is 7.16. The van der Waals surface area contributed by atoms with Crippen molar-refractivity contribution in [3.8, 4) is 0 Å². The van der Waals surface area contributed by atoms with Crippen LogP contribution in [0.1, 0.15) is 55.5 Å². The summed E-state index contributed by atoms with van der Waals surface area (Å²) in [6, 6.07) is 13.6. The van der Waals surface area contributed by atoms with E-state index in [1.54, 1.807) is 11.6 Å². The lowest BCUT2D eigenvalue weighted by atomic mass is 10.0. The molecule has 4 N–H and O–H groups in total. The Kier molecular flexibility index (Phi) is 6.86. The average molecular weight is 462 g/mol. The van der Waals surface area contributed by atoms with E-state index < -0.39 is 17.6 Å². The molecule has 0 spiro atoms. The van der Waals surface area contributed by atoms with Gasteiger partial charge in [0.1, 0.15) is 11.6 Å². The number of H-pyrrole nitrogens is 1. The third-order valence-corrected chi connectivity index (χ3v) is 5.97. The maximum atomic E-state index is 13.2. The van der Waals surface area contributed by atoms with Crippen LogP contribution >= 0.6 is 0 Å². The van der Waals surface area contributed by atoms with Crippen molar-refractivity contribution in [3.05, 3.63) is 77.0 Å². The average Bonchev–Trinajstić information content (AvgIpc) is 3.39. The number of nitrogens with one attached hydrogen (secondary N) is 3. The quantitative estimate of drug-likeness (QED) is 0.183. The zero-order chi connectivity index (χ0) is 24.3. The molecule has 2 aromatic carbocycles. The Balaban J connectivity index is 1.56. The number of para-hydroxylation sites is 1. The van der Waals surface area contributed by atoms with Crippen molar-refractivity contribution in [1.82, 2.24) is 15.8 Å². The second kappa shape index (κ2) is 9.83. The smallest absolute Gasteiger partial charge is 0.324 e. The molecule has 0 radical (unpaired) electrons. The predicted molar refractivity (Wildman–Crippen MR) is 131 cm³/mol. The van der Waals surface area contributed by atoms with Gasteiger partial charge in [0.2, 0.25) is 0 Å². The van der Waals surface area contributed by atoms with Gasteiger partial charge in [0.25, 0.3) is 5.91 Å². The molecule has 0 saturated heterocycles. The number of fused-ring (bicyclic) bond motifs is 2. The van der Waals surface area contributed by atoms with Crippen molar-refractivity contribution in [1.29, 1.82) is 0 Å². The van der Waals surface area contributed by atoms with Gasteiger partial charge in [-0.1, -0.05) is 36.4 Å². The molecular formula is C27H31N3O4. The fourth-order valence-corrected chi connectivity index (χ4v) is 4.47. The van der Waals surface area contributed by atoms with E-state index in [9.17, 15) is 9.59 Å². The number of esters is 1. The Hall–Kier alpha value is -3.42. The molecule has 1 unspecified atom stereocenters. The molecule has 34 heavy (non-hydrogen) atoms. The molecule has 178 valence electrons. The van der Waals surface area contributed by atoms with E-state index in [0.717, 1.165) is 40.4 Å². The second-order valence-electron chi connectivity index (χ2n) is 9.68. The van der Waals surface area contributed by atoms with Crippen molar-refractivity contribution < 1.29 is 19.5 Å². The van der Waals surface area contributed by atoms with Gasteiger partial charge >= 0.3 is 5.97 Å². The molecule has 0 bridgehead atoms. The topological polar surface area (TPSA) is 103 Å². The molecule has 0 fully saturated rings. The lowest BCUT2D eigenvalue weighted by Gasteiger charge is -2.27. The lowest BCUT2D eigenvalue weighted by Crippen LogP contribution is -2.44. The molecule has 2 atom stereocenters. The first kappa shape index (κ1) is 23.7. The van der Waals surface area contributed by atoms with Crippen LogP contribution < -0.4 is 10.8 Å². The van der Waals surface area contributed by atoms with Gasteiger partial charge in [0.05, 0.1) is 0 Å². The first-order chi connectivity index (χ1) is 16.2. The first-order valence-electron chi connectivity index (χ1n) is 11.5. The summed E-state index contributed by atoms with van der Waals surface area (Å²) in [5.41, 5.74) is 6.34. The Morgan fingerprint density at radius 3 is 2.79 bits per heavy atom. The molecule has 1 aliphatic rings. The molecule has 0 saturated carbocycles. The van der Waals surface area contributed by atoms with Crippen LogP contribution in [0.25, 0.3) is 17.0 Å². The predicted octanol–water partition coefficient (Wildman–Crippen LogP) is 4.22. The number of amides is 1. The van der Waals surface area contributed by atoms with E-state index in [2.05, 4.69) is 16.4 Å². The molecule has 7 heteroatoms. The number of hydroxylamine groups is 1. The van der Waals surface area contributed by atoms with Crippen molar-refractivity contribution in [2.75, 3.05) is 0 Å². The zero-order valence-corrected chi connectivity index (χ0v) is 19.7. The van der Waals surface area contributed by atoms with Crippen molar-refractivity contribution in [2.24, 2.45) is 0 Å². The van der Waals surface area contributed by atoms with Crippen LogP contribution in [0.3, 0.4) is 0 Å². The van der Waals surface area contributed by atoms with Crippen LogP contribution in [0, 0.1) is 0 Å². The van der Waals surface area contributed by atoms with Crippen LogP contribution in [0.4, 0.5) is 0 Å². The molecule has 1 aliphatic carbocycles. The highest BCUT2D eigenvalue weighted by Crippen LogP contribution is 2.33. The molecule has 4 rings (SSSR count). The standard InChI is InChI=1S/C27H31N3O4/c1-27(2,3)34-26(32)24(15-19-16-28-22-7-5-4-6-20(19)22)29-23-12-10-18-14-17(8-11-21(18)23)9-13-25(31)30-33/h4-9,11,13-14,16,23-24,28-29,33H,10,12,15H2,1-3H3,(H,30,31)/b13-9+/t23?,24-/m0/s1. The lowest BCUT2D eigenvalue weighted by molar-refractivity contribution is -0.157.